The molecule has 3 rings (SSSR count). The van der Waals surface area contributed by atoms with Gasteiger partial charge in [0.1, 0.15) is 0 Å². The van der Waals surface area contributed by atoms with E-state index in [2.05, 4.69) is 26.1 Å². The molecule has 0 unspecified atom stereocenters. The van der Waals surface area contributed by atoms with Gasteiger partial charge in [0.2, 0.25) is 16.9 Å². The molecular formula is C20H21N5O2S2. The van der Waals surface area contributed by atoms with Gasteiger partial charge in [0.05, 0.1) is 5.75 Å². The predicted octanol–water partition coefficient (Wildman–Crippen LogP) is 4.59. The summed E-state index contributed by atoms with van der Waals surface area (Å²) < 4.78 is 0.696. The molecule has 0 aliphatic heterocycles. The van der Waals surface area contributed by atoms with Crippen LogP contribution in [0.3, 0.4) is 0 Å². The second-order valence-electron chi connectivity index (χ2n) is 6.34. The lowest BCUT2D eigenvalue weighted by atomic mass is 10.1. The Hall–Kier alpha value is -2.91. The Bertz CT molecular complexity index is 1040. The van der Waals surface area contributed by atoms with Crippen LogP contribution >= 0.6 is 23.1 Å². The number of thioether (sulfide) groups is 1. The topological polar surface area (TPSA) is 96.0 Å². The van der Waals surface area contributed by atoms with Gasteiger partial charge >= 0.3 is 0 Å². The maximum atomic E-state index is 12.2. The normalized spacial score (nSPS) is 10.4. The van der Waals surface area contributed by atoms with Crippen molar-refractivity contribution in [3.63, 3.8) is 0 Å². The van der Waals surface area contributed by atoms with E-state index in [1.165, 1.54) is 30.0 Å². The van der Waals surface area contributed by atoms with E-state index in [0.29, 0.717) is 15.2 Å². The third kappa shape index (κ3) is 6.03. The van der Waals surface area contributed by atoms with Crippen LogP contribution < -0.4 is 16.0 Å². The number of hydrogen-bond acceptors (Lipinski definition) is 7. The van der Waals surface area contributed by atoms with Gasteiger partial charge in [0.25, 0.3) is 0 Å². The molecule has 0 saturated heterocycles. The Labute approximate surface area is 177 Å². The van der Waals surface area contributed by atoms with E-state index >= 15 is 0 Å². The van der Waals surface area contributed by atoms with Gasteiger partial charge in [-0.1, -0.05) is 41.3 Å². The Kier molecular flexibility index (Phi) is 6.84. The number of hydrogen-bond donors (Lipinski definition) is 3. The SMILES string of the molecule is CC(=O)Nc1cccc(Nc2nnc(SCC(=O)Nc3cccc(C)c3C)s2)c1. The number of nitrogens with one attached hydrogen (secondary N) is 3. The van der Waals surface area contributed by atoms with Gasteiger partial charge in [-0.3, -0.25) is 9.59 Å². The van der Waals surface area contributed by atoms with Crippen molar-refractivity contribution in [2.24, 2.45) is 0 Å². The lowest BCUT2D eigenvalue weighted by Crippen LogP contribution is -2.15. The van der Waals surface area contributed by atoms with Crippen molar-refractivity contribution < 1.29 is 9.59 Å². The number of benzene rings is 2. The number of rotatable bonds is 7. The maximum absolute atomic E-state index is 12.2. The second-order valence-corrected chi connectivity index (χ2v) is 8.54. The summed E-state index contributed by atoms with van der Waals surface area (Å²) in [4.78, 5) is 23.4. The zero-order valence-electron chi connectivity index (χ0n) is 16.3. The van der Waals surface area contributed by atoms with Crippen LogP contribution in [0, 0.1) is 13.8 Å². The molecule has 1 heterocycles. The molecule has 0 bridgehead atoms. The van der Waals surface area contributed by atoms with Gasteiger partial charge in [0.15, 0.2) is 4.34 Å². The number of carbonyl (C=O) groups is 2. The molecule has 0 spiro atoms. The van der Waals surface area contributed by atoms with Gasteiger partial charge < -0.3 is 16.0 Å². The van der Waals surface area contributed by atoms with Crippen molar-refractivity contribution in [2.75, 3.05) is 21.7 Å². The van der Waals surface area contributed by atoms with E-state index in [0.717, 1.165) is 22.5 Å². The monoisotopic (exact) mass is 427 g/mol. The summed E-state index contributed by atoms with van der Waals surface area (Å²) in [6.07, 6.45) is 0. The third-order valence-electron chi connectivity index (χ3n) is 4.05. The highest BCUT2D eigenvalue weighted by atomic mass is 32.2. The molecule has 7 nitrogen and oxygen atoms in total. The summed E-state index contributed by atoms with van der Waals surface area (Å²) in [6.45, 7) is 5.47. The average molecular weight is 428 g/mol. The van der Waals surface area contributed by atoms with Gasteiger partial charge in [-0.25, -0.2) is 0 Å². The minimum absolute atomic E-state index is 0.0867. The van der Waals surface area contributed by atoms with Crippen LogP contribution in [-0.4, -0.2) is 27.8 Å². The van der Waals surface area contributed by atoms with Gasteiger partial charge in [-0.05, 0) is 49.2 Å². The maximum Gasteiger partial charge on any atom is 0.234 e. The molecule has 3 N–H and O–H groups in total. The summed E-state index contributed by atoms with van der Waals surface area (Å²) in [6, 6.07) is 13.2. The molecule has 0 aliphatic rings. The van der Waals surface area contributed by atoms with Crippen molar-refractivity contribution in [1.82, 2.24) is 10.2 Å². The fraction of sp³-hybridized carbons (Fsp3) is 0.200. The highest BCUT2D eigenvalue weighted by Crippen LogP contribution is 2.28. The Balaban J connectivity index is 1.54. The summed E-state index contributed by atoms with van der Waals surface area (Å²) in [7, 11) is 0. The zero-order chi connectivity index (χ0) is 20.8. The van der Waals surface area contributed by atoms with E-state index in [1.807, 2.05) is 56.3 Å². The van der Waals surface area contributed by atoms with Crippen molar-refractivity contribution in [3.8, 4) is 0 Å². The summed E-state index contributed by atoms with van der Waals surface area (Å²) in [5.74, 6) is 0.0346. The molecule has 0 radical (unpaired) electrons. The summed E-state index contributed by atoms with van der Waals surface area (Å²) in [5.41, 5.74) is 4.52. The van der Waals surface area contributed by atoms with Gasteiger partial charge in [0, 0.05) is 24.0 Å². The molecule has 3 aromatic rings. The van der Waals surface area contributed by atoms with Crippen LogP contribution in [-0.2, 0) is 9.59 Å². The van der Waals surface area contributed by atoms with Crippen LogP contribution in [0.4, 0.5) is 22.2 Å². The van der Waals surface area contributed by atoms with Crippen LogP contribution in [0.2, 0.25) is 0 Å². The van der Waals surface area contributed by atoms with E-state index in [9.17, 15) is 9.59 Å². The number of aromatic nitrogens is 2. The van der Waals surface area contributed by atoms with Crippen molar-refractivity contribution in [1.29, 1.82) is 0 Å². The molecule has 150 valence electrons. The first-order valence-corrected chi connectivity index (χ1v) is 10.7. The molecule has 0 saturated carbocycles. The Morgan fingerprint density at radius 3 is 2.59 bits per heavy atom. The van der Waals surface area contributed by atoms with Crippen LogP contribution in [0.25, 0.3) is 0 Å². The molecule has 1 aromatic heterocycles. The highest BCUT2D eigenvalue weighted by Gasteiger charge is 2.10. The number of amides is 2. The molecule has 0 atom stereocenters. The number of carbonyl (C=O) groups excluding carboxylic acids is 2. The van der Waals surface area contributed by atoms with Crippen LogP contribution in [0.5, 0.6) is 0 Å². The molecule has 9 heteroatoms. The van der Waals surface area contributed by atoms with Gasteiger partial charge in [-0.2, -0.15) is 0 Å². The molecule has 0 aliphatic carbocycles. The summed E-state index contributed by atoms with van der Waals surface area (Å²) in [5, 5.41) is 17.7. The lowest BCUT2D eigenvalue weighted by molar-refractivity contribution is -0.114. The number of anilines is 4. The first-order chi connectivity index (χ1) is 13.9. The number of aryl methyl sites for hydroxylation is 1. The fourth-order valence-electron chi connectivity index (χ4n) is 2.52. The number of nitrogens with zero attached hydrogens (tertiary/aromatic N) is 2. The smallest absolute Gasteiger partial charge is 0.234 e. The Morgan fingerprint density at radius 1 is 1.03 bits per heavy atom. The minimum Gasteiger partial charge on any atom is -0.330 e. The van der Waals surface area contributed by atoms with Crippen molar-refractivity contribution >= 4 is 57.1 Å². The quantitative estimate of drug-likeness (QED) is 0.477. The third-order valence-corrected chi connectivity index (χ3v) is 6.02. The van der Waals surface area contributed by atoms with E-state index in [1.54, 1.807) is 0 Å². The molecule has 2 aromatic carbocycles. The van der Waals surface area contributed by atoms with Crippen molar-refractivity contribution in [2.45, 2.75) is 25.1 Å². The Morgan fingerprint density at radius 2 is 1.79 bits per heavy atom. The first kappa shape index (κ1) is 20.8. The molecule has 29 heavy (non-hydrogen) atoms. The molecule has 0 fully saturated rings. The van der Waals surface area contributed by atoms with E-state index in [4.69, 9.17) is 0 Å². The van der Waals surface area contributed by atoms with Crippen molar-refractivity contribution in [3.05, 3.63) is 53.6 Å². The highest BCUT2D eigenvalue weighted by molar-refractivity contribution is 8.01. The average Bonchev–Trinajstić information content (AvgIpc) is 3.11. The standard InChI is InChI=1S/C20H21N5O2S2/c1-12-6-4-9-17(13(12)2)23-18(27)11-28-20-25-24-19(29-20)22-16-8-5-7-15(10-16)21-14(3)26/h4-10H,11H2,1-3H3,(H,21,26)(H,22,24)(H,23,27). The predicted molar refractivity (Wildman–Crippen MR) is 119 cm³/mol. The minimum atomic E-state index is -0.129. The van der Waals surface area contributed by atoms with Gasteiger partial charge in [-0.15, -0.1) is 10.2 Å². The largest absolute Gasteiger partial charge is 0.330 e. The zero-order valence-corrected chi connectivity index (χ0v) is 17.9. The fourth-order valence-corrected chi connectivity index (χ4v) is 4.09. The summed E-state index contributed by atoms with van der Waals surface area (Å²) >= 11 is 2.70. The molecular weight excluding hydrogens is 406 g/mol. The second kappa shape index (κ2) is 9.53. The van der Waals surface area contributed by atoms with Crippen LogP contribution in [0.1, 0.15) is 18.1 Å². The van der Waals surface area contributed by atoms with E-state index in [-0.39, 0.29) is 17.6 Å². The van der Waals surface area contributed by atoms with E-state index < -0.39 is 0 Å². The lowest BCUT2D eigenvalue weighted by Gasteiger charge is -2.09. The molecule has 2 amide bonds. The van der Waals surface area contributed by atoms with Crippen LogP contribution in [0.15, 0.2) is 46.8 Å². The first-order valence-electron chi connectivity index (χ1n) is 8.88.